The standard InChI is InChI=1S/C34H47N8O2P/c1-6-23-21-28(26(34(2,3)43)22-29(23)42-17-12-24(13-18-42)41-19-15-35-16-20-41)38-33-39-31-25(11-14-36-31)32(40-33)37-27-9-7-8-10-30(27)45(4,5)44/h7-11,14,21-22,24,35,43H,6,12-13,15-20H2,1-5H3,(H3,36,37,38,39,40). The highest BCUT2D eigenvalue weighted by atomic mass is 31.2. The quantitative estimate of drug-likeness (QED) is 0.156. The van der Waals surface area contributed by atoms with Crippen molar-refractivity contribution in [3.63, 3.8) is 0 Å². The minimum absolute atomic E-state index is 0.401. The molecule has 5 N–H and O–H groups in total. The fourth-order valence-electron chi connectivity index (χ4n) is 6.73. The van der Waals surface area contributed by atoms with Gasteiger partial charge in [0.2, 0.25) is 5.95 Å². The first-order valence-corrected chi connectivity index (χ1v) is 18.7. The normalized spacial score (nSPS) is 17.2. The molecule has 45 heavy (non-hydrogen) atoms. The number of fused-ring (bicyclic) bond motifs is 1. The summed E-state index contributed by atoms with van der Waals surface area (Å²) in [5.74, 6) is 1.01. The van der Waals surface area contributed by atoms with Gasteiger partial charge in [0.15, 0.2) is 0 Å². The number of piperidine rings is 1. The SMILES string of the molecule is CCc1cc(Nc2nc(Nc3ccccc3P(C)(C)=O)c3cc[nH]c3n2)c(C(C)(C)O)cc1N1CCC(N2CCNCC2)CC1. The van der Waals surface area contributed by atoms with E-state index >= 15 is 0 Å². The van der Waals surface area contributed by atoms with Crippen molar-refractivity contribution >= 4 is 52.3 Å². The van der Waals surface area contributed by atoms with Gasteiger partial charge in [-0.25, -0.2) is 0 Å². The maximum absolute atomic E-state index is 13.0. The Hall–Kier alpha value is -3.43. The molecule has 2 fully saturated rings. The lowest BCUT2D eigenvalue weighted by Crippen LogP contribution is -2.52. The largest absolute Gasteiger partial charge is 0.386 e. The van der Waals surface area contributed by atoms with Crippen molar-refractivity contribution in [1.29, 1.82) is 0 Å². The number of nitrogens with zero attached hydrogens (tertiary/aromatic N) is 4. The molecular weight excluding hydrogens is 583 g/mol. The van der Waals surface area contributed by atoms with E-state index in [4.69, 9.17) is 9.97 Å². The smallest absolute Gasteiger partial charge is 0.231 e. The molecule has 11 heteroatoms. The van der Waals surface area contributed by atoms with Gasteiger partial charge in [0.05, 0.1) is 16.7 Å². The molecule has 2 aromatic carbocycles. The summed E-state index contributed by atoms with van der Waals surface area (Å²) in [6, 6.07) is 14.5. The Bertz CT molecular complexity index is 1690. The van der Waals surface area contributed by atoms with E-state index < -0.39 is 12.7 Å². The molecule has 0 saturated carbocycles. The summed E-state index contributed by atoms with van der Waals surface area (Å²) < 4.78 is 13.0. The van der Waals surface area contributed by atoms with Crippen LogP contribution < -0.4 is 26.2 Å². The first kappa shape index (κ1) is 31.5. The molecule has 240 valence electrons. The van der Waals surface area contributed by atoms with E-state index in [1.807, 2.05) is 50.4 Å². The van der Waals surface area contributed by atoms with Crippen LogP contribution in [0.1, 0.15) is 44.7 Å². The number of aromatic nitrogens is 3. The molecular formula is C34H47N8O2P. The molecule has 4 heterocycles. The van der Waals surface area contributed by atoms with E-state index in [1.54, 1.807) is 13.3 Å². The molecule has 2 aromatic heterocycles. The predicted molar refractivity (Wildman–Crippen MR) is 187 cm³/mol. The lowest BCUT2D eigenvalue weighted by atomic mass is 9.92. The van der Waals surface area contributed by atoms with Crippen molar-refractivity contribution in [1.82, 2.24) is 25.2 Å². The van der Waals surface area contributed by atoms with Gasteiger partial charge in [0, 0.05) is 73.7 Å². The average Bonchev–Trinajstić information content (AvgIpc) is 3.50. The van der Waals surface area contributed by atoms with Gasteiger partial charge in [-0.1, -0.05) is 19.1 Å². The zero-order valence-corrected chi connectivity index (χ0v) is 28.0. The van der Waals surface area contributed by atoms with Crippen molar-refractivity contribution in [2.75, 3.05) is 68.1 Å². The molecule has 2 aliphatic rings. The lowest BCUT2D eigenvalue weighted by Gasteiger charge is -2.42. The second-order valence-corrected chi connectivity index (χ2v) is 16.4. The molecule has 0 atom stereocenters. The molecule has 0 spiro atoms. The van der Waals surface area contributed by atoms with Crippen LogP contribution in [-0.2, 0) is 16.6 Å². The summed E-state index contributed by atoms with van der Waals surface area (Å²) in [6.45, 7) is 15.8. The van der Waals surface area contributed by atoms with E-state index in [0.717, 1.165) is 86.2 Å². The highest BCUT2D eigenvalue weighted by molar-refractivity contribution is 7.70. The molecule has 0 aliphatic carbocycles. The molecule has 0 amide bonds. The van der Waals surface area contributed by atoms with Crippen LogP contribution in [0.4, 0.5) is 28.8 Å². The Morgan fingerprint density at radius 1 is 1.00 bits per heavy atom. The number of anilines is 5. The third kappa shape index (κ3) is 6.89. The fourth-order valence-corrected chi connectivity index (χ4v) is 7.88. The van der Waals surface area contributed by atoms with E-state index in [9.17, 15) is 9.67 Å². The van der Waals surface area contributed by atoms with Crippen molar-refractivity contribution in [2.24, 2.45) is 0 Å². The number of rotatable bonds is 9. The maximum Gasteiger partial charge on any atom is 0.231 e. The van der Waals surface area contributed by atoms with Gasteiger partial charge in [-0.2, -0.15) is 9.97 Å². The van der Waals surface area contributed by atoms with Crippen LogP contribution >= 0.6 is 7.14 Å². The minimum Gasteiger partial charge on any atom is -0.386 e. The van der Waals surface area contributed by atoms with Crippen LogP contribution in [0.5, 0.6) is 0 Å². The monoisotopic (exact) mass is 630 g/mol. The second kappa shape index (κ2) is 12.8. The Labute approximate surface area is 266 Å². The first-order chi connectivity index (χ1) is 21.5. The molecule has 2 saturated heterocycles. The third-order valence-corrected chi connectivity index (χ3v) is 10.7. The highest BCUT2D eigenvalue weighted by Crippen LogP contribution is 2.40. The van der Waals surface area contributed by atoms with E-state index in [-0.39, 0.29) is 0 Å². The van der Waals surface area contributed by atoms with Crippen LogP contribution in [0.25, 0.3) is 11.0 Å². The number of para-hydroxylation sites is 1. The summed E-state index contributed by atoms with van der Waals surface area (Å²) in [4.78, 5) is 18.0. The van der Waals surface area contributed by atoms with Gasteiger partial charge in [0.1, 0.15) is 18.6 Å². The van der Waals surface area contributed by atoms with Crippen LogP contribution in [0, 0.1) is 0 Å². The van der Waals surface area contributed by atoms with Crippen molar-refractivity contribution in [2.45, 2.75) is 51.7 Å². The van der Waals surface area contributed by atoms with Crippen molar-refractivity contribution in [3.05, 3.63) is 59.8 Å². The number of aliphatic hydroxyl groups is 1. The molecule has 2 aliphatic heterocycles. The van der Waals surface area contributed by atoms with E-state index in [0.29, 0.717) is 23.5 Å². The summed E-state index contributed by atoms with van der Waals surface area (Å²) in [6.07, 6.45) is 5.00. The first-order valence-electron chi connectivity index (χ1n) is 16.1. The molecule has 0 bridgehead atoms. The summed E-state index contributed by atoms with van der Waals surface area (Å²) in [7, 11) is -2.53. The van der Waals surface area contributed by atoms with E-state index in [1.165, 1.54) is 11.3 Å². The third-order valence-electron chi connectivity index (χ3n) is 9.13. The van der Waals surface area contributed by atoms with Crippen LogP contribution in [0.15, 0.2) is 48.7 Å². The Morgan fingerprint density at radius 2 is 1.73 bits per heavy atom. The van der Waals surface area contributed by atoms with Crippen LogP contribution in [0.3, 0.4) is 0 Å². The van der Waals surface area contributed by atoms with Crippen molar-refractivity contribution < 1.29 is 9.67 Å². The molecule has 10 nitrogen and oxygen atoms in total. The Kier molecular flexibility index (Phi) is 8.94. The number of H-pyrrole nitrogens is 1. The lowest BCUT2D eigenvalue weighted by molar-refractivity contribution is 0.0793. The van der Waals surface area contributed by atoms with Gasteiger partial charge >= 0.3 is 0 Å². The highest BCUT2D eigenvalue weighted by Gasteiger charge is 2.29. The number of piperazine rings is 1. The Morgan fingerprint density at radius 3 is 2.42 bits per heavy atom. The zero-order chi connectivity index (χ0) is 31.8. The number of hydrogen-bond donors (Lipinski definition) is 5. The second-order valence-electron chi connectivity index (χ2n) is 13.2. The molecule has 4 aromatic rings. The maximum atomic E-state index is 13.0. The summed E-state index contributed by atoms with van der Waals surface area (Å²) in [5, 5.41) is 23.3. The van der Waals surface area contributed by atoms with Gasteiger partial charge in [-0.05, 0) is 82.3 Å². The van der Waals surface area contributed by atoms with Gasteiger partial charge in [0.25, 0.3) is 0 Å². The van der Waals surface area contributed by atoms with Crippen molar-refractivity contribution in [3.8, 4) is 0 Å². The number of aromatic amines is 1. The molecule has 0 radical (unpaired) electrons. The number of nitrogens with one attached hydrogen (secondary N) is 4. The minimum atomic E-state index is -2.53. The summed E-state index contributed by atoms with van der Waals surface area (Å²) >= 11 is 0. The Balaban J connectivity index is 1.31. The number of aryl methyl sites for hydroxylation is 1. The van der Waals surface area contributed by atoms with Gasteiger partial charge in [-0.15, -0.1) is 0 Å². The fraction of sp³-hybridized carbons (Fsp3) is 0.471. The van der Waals surface area contributed by atoms with E-state index in [2.05, 4.69) is 49.8 Å². The van der Waals surface area contributed by atoms with Crippen LogP contribution in [-0.4, -0.2) is 83.6 Å². The van der Waals surface area contributed by atoms with Gasteiger partial charge in [-0.3, -0.25) is 4.90 Å². The zero-order valence-electron chi connectivity index (χ0n) is 27.2. The average molecular weight is 631 g/mol. The molecule has 0 unspecified atom stereocenters. The van der Waals surface area contributed by atoms with Gasteiger partial charge < -0.3 is 35.5 Å². The predicted octanol–water partition coefficient (Wildman–Crippen LogP) is 5.36. The number of hydrogen-bond acceptors (Lipinski definition) is 9. The molecule has 6 rings (SSSR count). The summed E-state index contributed by atoms with van der Waals surface area (Å²) in [5.41, 5.74) is 4.34. The van der Waals surface area contributed by atoms with Crippen LogP contribution in [0.2, 0.25) is 0 Å². The number of benzene rings is 2. The topological polar surface area (TPSA) is 121 Å².